The summed E-state index contributed by atoms with van der Waals surface area (Å²) in [6.07, 6.45) is 7.12. The molecule has 1 aliphatic carbocycles. The van der Waals surface area contributed by atoms with Crippen LogP contribution in [-0.2, 0) is 4.79 Å². The number of amides is 1. The summed E-state index contributed by atoms with van der Waals surface area (Å²) in [6, 6.07) is 2.24. The van der Waals surface area contributed by atoms with Crippen LogP contribution in [0.4, 0.5) is 0 Å². The van der Waals surface area contributed by atoms with Gasteiger partial charge in [0.25, 0.3) is 0 Å². The minimum absolute atomic E-state index is 0.242. The highest BCUT2D eigenvalue weighted by atomic mass is 16.1. The molecule has 0 aromatic heterocycles. The summed E-state index contributed by atoms with van der Waals surface area (Å²) in [4.78, 5) is 11.2. The Labute approximate surface area is 84.8 Å². The largest absolute Gasteiger partial charge is 0.334 e. The first-order valence-corrected chi connectivity index (χ1v) is 5.08. The highest BCUT2D eigenvalue weighted by Gasteiger charge is 2.31. The quantitative estimate of drug-likeness (QED) is 0.536. The van der Waals surface area contributed by atoms with Crippen LogP contribution in [0.15, 0.2) is 12.7 Å². The predicted molar refractivity (Wildman–Crippen MR) is 54.4 cm³/mol. The Morgan fingerprint density at radius 1 is 1.36 bits per heavy atom. The van der Waals surface area contributed by atoms with Gasteiger partial charge in [-0.25, -0.2) is 0 Å². The molecule has 0 spiro atoms. The maximum absolute atomic E-state index is 11.2. The van der Waals surface area contributed by atoms with Crippen molar-refractivity contribution in [2.75, 3.05) is 0 Å². The fourth-order valence-electron chi connectivity index (χ4n) is 1.88. The second-order valence-corrected chi connectivity index (χ2v) is 3.80. The summed E-state index contributed by atoms with van der Waals surface area (Å²) in [7, 11) is 0. The lowest BCUT2D eigenvalue weighted by molar-refractivity contribution is -0.117. The number of hydrogen-bond donors (Lipinski definition) is 1. The summed E-state index contributed by atoms with van der Waals surface area (Å²) < 4.78 is 0. The van der Waals surface area contributed by atoms with Gasteiger partial charge in [-0.1, -0.05) is 32.3 Å². The van der Waals surface area contributed by atoms with Crippen LogP contribution in [0.5, 0.6) is 0 Å². The van der Waals surface area contributed by atoms with Crippen LogP contribution in [0, 0.1) is 11.3 Å². The smallest absolute Gasteiger partial charge is 0.244 e. The van der Waals surface area contributed by atoms with Gasteiger partial charge in [0.05, 0.1) is 6.07 Å². The fourth-order valence-corrected chi connectivity index (χ4v) is 1.88. The Balaban J connectivity index is 2.68. The summed E-state index contributed by atoms with van der Waals surface area (Å²) in [5, 5.41) is 11.9. The topological polar surface area (TPSA) is 52.9 Å². The number of rotatable bonds is 2. The zero-order chi connectivity index (χ0) is 10.4. The molecule has 1 amide bonds. The second-order valence-electron chi connectivity index (χ2n) is 3.80. The molecule has 0 atom stereocenters. The SMILES string of the molecule is C=CC(=O)NC1(C#N)CCCCCC1. The molecule has 0 heterocycles. The van der Waals surface area contributed by atoms with Crippen molar-refractivity contribution in [1.82, 2.24) is 5.32 Å². The standard InChI is InChI=1S/C11H16N2O/c1-2-10(14)13-11(9-12)7-5-3-4-6-8-11/h2H,1,3-8H2,(H,13,14). The van der Waals surface area contributed by atoms with Crippen molar-refractivity contribution in [1.29, 1.82) is 5.26 Å². The zero-order valence-electron chi connectivity index (χ0n) is 8.38. The first kappa shape index (κ1) is 10.8. The molecule has 0 aromatic rings. The van der Waals surface area contributed by atoms with E-state index >= 15 is 0 Å². The van der Waals surface area contributed by atoms with Crippen LogP contribution in [-0.4, -0.2) is 11.4 Å². The van der Waals surface area contributed by atoms with E-state index in [0.717, 1.165) is 38.5 Å². The molecule has 0 radical (unpaired) electrons. The molecule has 76 valence electrons. The first-order valence-electron chi connectivity index (χ1n) is 5.08. The van der Waals surface area contributed by atoms with E-state index in [1.807, 2.05) is 0 Å². The molecule has 0 aliphatic heterocycles. The Kier molecular flexibility index (Phi) is 3.70. The van der Waals surface area contributed by atoms with Crippen molar-refractivity contribution in [2.45, 2.75) is 44.1 Å². The van der Waals surface area contributed by atoms with Crippen LogP contribution in [0.2, 0.25) is 0 Å². The first-order chi connectivity index (χ1) is 6.72. The van der Waals surface area contributed by atoms with Crippen molar-refractivity contribution in [3.05, 3.63) is 12.7 Å². The number of nitrogens with one attached hydrogen (secondary N) is 1. The van der Waals surface area contributed by atoms with Gasteiger partial charge in [-0.3, -0.25) is 4.79 Å². The Morgan fingerprint density at radius 3 is 2.36 bits per heavy atom. The van der Waals surface area contributed by atoms with Gasteiger partial charge in [-0.2, -0.15) is 5.26 Å². The predicted octanol–water partition coefficient (Wildman–Crippen LogP) is 1.91. The van der Waals surface area contributed by atoms with Crippen LogP contribution in [0.3, 0.4) is 0 Å². The third-order valence-electron chi connectivity index (χ3n) is 2.72. The van der Waals surface area contributed by atoms with E-state index in [2.05, 4.69) is 18.0 Å². The molecule has 1 rings (SSSR count). The molecular formula is C11H16N2O. The number of hydrogen-bond acceptors (Lipinski definition) is 2. The molecule has 1 saturated carbocycles. The summed E-state index contributed by atoms with van der Waals surface area (Å²) >= 11 is 0. The molecule has 0 saturated heterocycles. The van der Waals surface area contributed by atoms with Gasteiger partial charge in [-0.05, 0) is 18.9 Å². The van der Waals surface area contributed by atoms with Gasteiger partial charge in [0.1, 0.15) is 5.54 Å². The second kappa shape index (κ2) is 4.80. The third kappa shape index (κ3) is 2.59. The fraction of sp³-hybridized carbons (Fsp3) is 0.636. The molecule has 3 heteroatoms. The Morgan fingerprint density at radius 2 is 1.93 bits per heavy atom. The lowest BCUT2D eigenvalue weighted by Gasteiger charge is -2.25. The lowest BCUT2D eigenvalue weighted by Crippen LogP contribution is -2.46. The van der Waals surface area contributed by atoms with Crippen LogP contribution >= 0.6 is 0 Å². The molecular weight excluding hydrogens is 176 g/mol. The van der Waals surface area contributed by atoms with E-state index in [1.54, 1.807) is 0 Å². The van der Waals surface area contributed by atoms with Gasteiger partial charge in [0, 0.05) is 0 Å². The van der Waals surface area contributed by atoms with E-state index in [4.69, 9.17) is 5.26 Å². The molecule has 14 heavy (non-hydrogen) atoms. The average Bonchev–Trinajstić information content (AvgIpc) is 2.44. The van der Waals surface area contributed by atoms with E-state index < -0.39 is 5.54 Å². The molecule has 1 fully saturated rings. The molecule has 0 unspecified atom stereocenters. The molecule has 3 nitrogen and oxygen atoms in total. The summed E-state index contributed by atoms with van der Waals surface area (Å²) in [5.41, 5.74) is -0.637. The van der Waals surface area contributed by atoms with Gasteiger partial charge in [-0.15, -0.1) is 0 Å². The average molecular weight is 192 g/mol. The van der Waals surface area contributed by atoms with E-state index in [-0.39, 0.29) is 5.91 Å². The third-order valence-corrected chi connectivity index (χ3v) is 2.72. The van der Waals surface area contributed by atoms with E-state index in [9.17, 15) is 4.79 Å². The number of nitriles is 1. The molecule has 1 N–H and O–H groups in total. The van der Waals surface area contributed by atoms with Gasteiger partial charge >= 0.3 is 0 Å². The highest BCUT2D eigenvalue weighted by molar-refractivity contribution is 5.87. The van der Waals surface area contributed by atoms with E-state index in [0.29, 0.717) is 0 Å². The van der Waals surface area contributed by atoms with E-state index in [1.165, 1.54) is 6.08 Å². The van der Waals surface area contributed by atoms with Crippen molar-refractivity contribution in [2.24, 2.45) is 0 Å². The Hall–Kier alpha value is -1.30. The molecule has 1 aliphatic rings. The number of carbonyl (C=O) groups is 1. The number of carbonyl (C=O) groups excluding carboxylic acids is 1. The van der Waals surface area contributed by atoms with Crippen molar-refractivity contribution < 1.29 is 4.79 Å². The van der Waals surface area contributed by atoms with Crippen LogP contribution in [0.1, 0.15) is 38.5 Å². The summed E-state index contributed by atoms with van der Waals surface area (Å²) in [5.74, 6) is -0.242. The maximum atomic E-state index is 11.2. The van der Waals surface area contributed by atoms with Crippen molar-refractivity contribution in [3.8, 4) is 6.07 Å². The monoisotopic (exact) mass is 192 g/mol. The van der Waals surface area contributed by atoms with Crippen molar-refractivity contribution in [3.63, 3.8) is 0 Å². The van der Waals surface area contributed by atoms with Gasteiger partial charge in [0.15, 0.2) is 0 Å². The van der Waals surface area contributed by atoms with Gasteiger partial charge < -0.3 is 5.32 Å². The Bertz CT molecular complexity index is 257. The molecule has 0 aromatic carbocycles. The van der Waals surface area contributed by atoms with Gasteiger partial charge in [0.2, 0.25) is 5.91 Å². The molecule has 0 bridgehead atoms. The highest BCUT2D eigenvalue weighted by Crippen LogP contribution is 2.26. The van der Waals surface area contributed by atoms with Crippen molar-refractivity contribution >= 4 is 5.91 Å². The number of nitrogens with zero attached hydrogens (tertiary/aromatic N) is 1. The van der Waals surface area contributed by atoms with Crippen LogP contribution in [0.25, 0.3) is 0 Å². The normalized spacial score (nSPS) is 20.2. The zero-order valence-corrected chi connectivity index (χ0v) is 8.38. The van der Waals surface area contributed by atoms with Crippen LogP contribution < -0.4 is 5.32 Å². The maximum Gasteiger partial charge on any atom is 0.244 e. The summed E-state index contributed by atoms with van der Waals surface area (Å²) in [6.45, 7) is 3.39. The lowest BCUT2D eigenvalue weighted by atomic mass is 9.92. The minimum Gasteiger partial charge on any atom is -0.334 e. The minimum atomic E-state index is -0.637.